The van der Waals surface area contributed by atoms with Gasteiger partial charge in [-0.3, -0.25) is 0 Å². The Labute approximate surface area is 279 Å². The first-order chi connectivity index (χ1) is 21.8. The second-order valence-corrected chi connectivity index (χ2v) is 14.5. The summed E-state index contributed by atoms with van der Waals surface area (Å²) in [6.07, 6.45) is 53.3. The van der Waals surface area contributed by atoms with Gasteiger partial charge in [-0.25, -0.2) is 4.57 Å². The van der Waals surface area contributed by atoms with E-state index in [-0.39, 0.29) is 0 Å². The van der Waals surface area contributed by atoms with Gasteiger partial charge in [-0.1, -0.05) is 201 Å². The molecule has 0 saturated carbocycles. The SMILES string of the molecule is CCCCCCCCCCCCCc1cc[n+](CCCCCCCCCCCC)cc1CCCCCCCCCCCCC. The fourth-order valence-corrected chi connectivity index (χ4v) is 6.97. The Hall–Kier alpha value is -0.850. The second kappa shape index (κ2) is 33.5. The molecule has 258 valence electrons. The summed E-state index contributed by atoms with van der Waals surface area (Å²) in [5, 5.41) is 0. The lowest BCUT2D eigenvalue weighted by Crippen LogP contribution is -2.34. The van der Waals surface area contributed by atoms with Crippen molar-refractivity contribution in [1.29, 1.82) is 0 Å². The number of pyridine rings is 1. The first-order valence-corrected chi connectivity index (χ1v) is 20.8. The number of nitrogens with zero attached hydrogens (tertiary/aromatic N) is 1. The molecule has 0 aliphatic rings. The van der Waals surface area contributed by atoms with Crippen LogP contribution in [0.15, 0.2) is 18.5 Å². The van der Waals surface area contributed by atoms with Gasteiger partial charge in [0.05, 0.1) is 0 Å². The molecule has 0 aliphatic carbocycles. The zero-order valence-electron chi connectivity index (χ0n) is 30.9. The highest BCUT2D eigenvalue weighted by atomic mass is 14.9. The minimum Gasteiger partial charge on any atom is -0.205 e. The predicted octanol–water partition coefficient (Wildman–Crippen LogP) is 14.6. The number of hydrogen-bond donors (Lipinski definition) is 0. The molecule has 0 spiro atoms. The Bertz CT molecular complexity index is 694. The van der Waals surface area contributed by atoms with Crippen molar-refractivity contribution < 1.29 is 4.57 Å². The van der Waals surface area contributed by atoms with Crippen LogP contribution in [0.5, 0.6) is 0 Å². The molecule has 1 aromatic rings. The van der Waals surface area contributed by atoms with Crippen molar-refractivity contribution in [2.75, 3.05) is 0 Å². The van der Waals surface area contributed by atoms with Gasteiger partial charge in [0.25, 0.3) is 0 Å². The van der Waals surface area contributed by atoms with E-state index < -0.39 is 0 Å². The van der Waals surface area contributed by atoms with Gasteiger partial charge in [0, 0.05) is 18.1 Å². The largest absolute Gasteiger partial charge is 0.205 e. The van der Waals surface area contributed by atoms with Crippen LogP contribution in [0.25, 0.3) is 0 Å². The van der Waals surface area contributed by atoms with E-state index in [4.69, 9.17) is 0 Å². The van der Waals surface area contributed by atoms with Gasteiger partial charge in [0.2, 0.25) is 0 Å². The monoisotopic (exact) mass is 613 g/mol. The molecular weight excluding hydrogens is 530 g/mol. The zero-order chi connectivity index (χ0) is 31.6. The third kappa shape index (κ3) is 26.4. The molecule has 0 radical (unpaired) electrons. The number of aryl methyl sites for hydroxylation is 3. The highest BCUT2D eigenvalue weighted by Gasteiger charge is 2.10. The Morgan fingerprint density at radius 1 is 0.341 bits per heavy atom. The average molecular weight is 613 g/mol. The summed E-state index contributed by atoms with van der Waals surface area (Å²) >= 11 is 0. The molecule has 0 unspecified atom stereocenters. The van der Waals surface area contributed by atoms with Gasteiger partial charge in [0.1, 0.15) is 6.54 Å². The van der Waals surface area contributed by atoms with Gasteiger partial charge in [-0.2, -0.15) is 0 Å². The van der Waals surface area contributed by atoms with Crippen molar-refractivity contribution in [3.05, 3.63) is 29.6 Å². The van der Waals surface area contributed by atoms with Gasteiger partial charge in [0.15, 0.2) is 12.4 Å². The predicted molar refractivity (Wildman–Crippen MR) is 199 cm³/mol. The Kier molecular flexibility index (Phi) is 31.4. The summed E-state index contributed by atoms with van der Waals surface area (Å²) in [6, 6.07) is 2.50. The van der Waals surface area contributed by atoms with Crippen LogP contribution in [-0.4, -0.2) is 0 Å². The maximum atomic E-state index is 2.55. The van der Waals surface area contributed by atoms with Crippen LogP contribution < -0.4 is 4.57 Å². The summed E-state index contributed by atoms with van der Waals surface area (Å²) < 4.78 is 2.53. The Morgan fingerprint density at radius 3 is 1.00 bits per heavy atom. The smallest absolute Gasteiger partial charge is 0.172 e. The van der Waals surface area contributed by atoms with Crippen LogP contribution in [0.2, 0.25) is 0 Å². The quantitative estimate of drug-likeness (QED) is 0.0530. The maximum Gasteiger partial charge on any atom is 0.172 e. The molecule has 1 heteroatoms. The van der Waals surface area contributed by atoms with Crippen molar-refractivity contribution in [3.8, 4) is 0 Å². The number of rotatable bonds is 35. The number of aromatic nitrogens is 1. The van der Waals surface area contributed by atoms with E-state index in [2.05, 4.69) is 43.8 Å². The first kappa shape index (κ1) is 41.2. The van der Waals surface area contributed by atoms with Gasteiger partial charge < -0.3 is 0 Å². The Balaban J connectivity index is 2.34. The van der Waals surface area contributed by atoms with Crippen LogP contribution >= 0.6 is 0 Å². The highest BCUT2D eigenvalue weighted by Crippen LogP contribution is 2.18. The standard InChI is InChI=1S/C43H82N/c1-4-7-10-13-16-19-22-24-27-30-33-36-42-38-40-44(39-35-32-29-26-21-18-15-12-9-6-3)41-43(42)37-34-31-28-25-23-20-17-14-11-8-5-2/h38,40-41H,4-37,39H2,1-3H3/q+1. The minimum atomic E-state index is 1.21. The van der Waals surface area contributed by atoms with Gasteiger partial charge in [-0.05, 0) is 37.7 Å². The van der Waals surface area contributed by atoms with Crippen LogP contribution in [-0.2, 0) is 19.4 Å². The van der Waals surface area contributed by atoms with Crippen molar-refractivity contribution in [1.82, 2.24) is 0 Å². The van der Waals surface area contributed by atoms with Crippen LogP contribution in [0.1, 0.15) is 237 Å². The fraction of sp³-hybridized carbons (Fsp3) is 0.884. The molecule has 0 saturated heterocycles. The summed E-state index contributed by atoms with van der Waals surface area (Å²) in [4.78, 5) is 0. The van der Waals surface area contributed by atoms with E-state index in [1.165, 1.54) is 225 Å². The molecule has 0 aromatic carbocycles. The van der Waals surface area contributed by atoms with E-state index in [0.29, 0.717) is 0 Å². The maximum absolute atomic E-state index is 2.55. The molecule has 1 nitrogen and oxygen atoms in total. The summed E-state index contributed by atoms with van der Waals surface area (Å²) in [5.41, 5.74) is 3.33. The van der Waals surface area contributed by atoms with Crippen LogP contribution in [0.4, 0.5) is 0 Å². The van der Waals surface area contributed by atoms with Crippen LogP contribution in [0.3, 0.4) is 0 Å². The van der Waals surface area contributed by atoms with E-state index in [9.17, 15) is 0 Å². The molecule has 0 bridgehead atoms. The van der Waals surface area contributed by atoms with Crippen molar-refractivity contribution in [2.45, 2.75) is 246 Å². The lowest BCUT2D eigenvalue weighted by molar-refractivity contribution is -0.697. The molecule has 0 fully saturated rings. The summed E-state index contributed by atoms with van der Waals surface area (Å²) in [6.45, 7) is 8.15. The topological polar surface area (TPSA) is 3.88 Å². The van der Waals surface area contributed by atoms with Crippen LogP contribution in [0, 0.1) is 0 Å². The molecule has 1 aromatic heterocycles. The minimum absolute atomic E-state index is 1.21. The van der Waals surface area contributed by atoms with Gasteiger partial charge >= 0.3 is 0 Å². The van der Waals surface area contributed by atoms with E-state index in [1.54, 1.807) is 11.1 Å². The summed E-state index contributed by atoms with van der Waals surface area (Å²) in [5.74, 6) is 0. The summed E-state index contributed by atoms with van der Waals surface area (Å²) in [7, 11) is 0. The molecular formula is C43H82N+. The molecule has 44 heavy (non-hydrogen) atoms. The van der Waals surface area contributed by atoms with E-state index >= 15 is 0 Å². The third-order valence-corrected chi connectivity index (χ3v) is 10.1. The zero-order valence-corrected chi connectivity index (χ0v) is 30.9. The van der Waals surface area contributed by atoms with E-state index in [1.807, 2.05) is 0 Å². The molecule has 1 heterocycles. The lowest BCUT2D eigenvalue weighted by atomic mass is 9.97. The Morgan fingerprint density at radius 2 is 0.636 bits per heavy atom. The lowest BCUT2D eigenvalue weighted by Gasteiger charge is -2.10. The molecule has 0 amide bonds. The van der Waals surface area contributed by atoms with Crippen molar-refractivity contribution >= 4 is 0 Å². The molecule has 1 rings (SSSR count). The number of unbranched alkanes of at least 4 members (excludes halogenated alkanes) is 29. The second-order valence-electron chi connectivity index (χ2n) is 14.5. The normalized spacial score (nSPS) is 11.5. The average Bonchev–Trinajstić information content (AvgIpc) is 3.04. The van der Waals surface area contributed by atoms with Crippen molar-refractivity contribution in [3.63, 3.8) is 0 Å². The molecule has 0 atom stereocenters. The highest BCUT2D eigenvalue weighted by molar-refractivity contribution is 5.21. The first-order valence-electron chi connectivity index (χ1n) is 20.8. The van der Waals surface area contributed by atoms with E-state index in [0.717, 1.165) is 0 Å². The van der Waals surface area contributed by atoms with Crippen molar-refractivity contribution in [2.24, 2.45) is 0 Å². The third-order valence-electron chi connectivity index (χ3n) is 10.1. The molecule has 0 N–H and O–H groups in total. The number of hydrogen-bond acceptors (Lipinski definition) is 0. The molecule has 0 aliphatic heterocycles. The fourth-order valence-electron chi connectivity index (χ4n) is 6.97. The van der Waals surface area contributed by atoms with Gasteiger partial charge in [-0.15, -0.1) is 0 Å².